The zero-order valence-corrected chi connectivity index (χ0v) is 19.2. The van der Waals surface area contributed by atoms with Crippen molar-refractivity contribution < 1.29 is 18.6 Å². The fraction of sp³-hybridized carbons (Fsp3) is 0.310. The molecule has 0 aliphatic carbocycles. The molecule has 1 fully saturated rings. The van der Waals surface area contributed by atoms with Crippen LogP contribution in [0.15, 0.2) is 96.8 Å². The zero-order chi connectivity index (χ0) is 23.0. The summed E-state index contributed by atoms with van der Waals surface area (Å²) in [7, 11) is 0. The van der Waals surface area contributed by atoms with Gasteiger partial charge in [0.25, 0.3) is 0 Å². The minimum absolute atomic E-state index is 0.0341. The van der Waals surface area contributed by atoms with Crippen molar-refractivity contribution >= 4 is 5.83 Å². The summed E-state index contributed by atoms with van der Waals surface area (Å²) in [4.78, 5) is 0. The van der Waals surface area contributed by atoms with Crippen LogP contribution in [0.3, 0.4) is 0 Å². The van der Waals surface area contributed by atoms with Crippen molar-refractivity contribution in [3.63, 3.8) is 0 Å². The molecule has 1 saturated heterocycles. The first-order chi connectivity index (χ1) is 16.2. The lowest BCUT2D eigenvalue weighted by molar-refractivity contribution is -0.167. The van der Waals surface area contributed by atoms with Crippen LogP contribution >= 0.6 is 0 Å². The molecule has 4 rings (SSSR count). The molecule has 172 valence electrons. The Bertz CT molecular complexity index is 1020. The molecule has 4 atom stereocenters. The SMILES string of the molecule is CC[C@H]1O/C(=C(\F)c2ccccc2)C(OCc2ccccc2)C(OCc2ccccc2)[C@H]1C. The van der Waals surface area contributed by atoms with Crippen LogP contribution in [-0.4, -0.2) is 18.3 Å². The largest absolute Gasteiger partial charge is 0.488 e. The molecule has 33 heavy (non-hydrogen) atoms. The Hall–Kier alpha value is -2.95. The molecule has 0 saturated carbocycles. The molecule has 0 radical (unpaired) electrons. The first-order valence-electron chi connectivity index (χ1n) is 11.6. The van der Waals surface area contributed by atoms with Gasteiger partial charge in [0.05, 0.1) is 19.3 Å². The fourth-order valence-corrected chi connectivity index (χ4v) is 4.27. The highest BCUT2D eigenvalue weighted by Crippen LogP contribution is 2.38. The van der Waals surface area contributed by atoms with Gasteiger partial charge in [0.1, 0.15) is 12.2 Å². The zero-order valence-electron chi connectivity index (χ0n) is 19.2. The molecule has 1 aliphatic rings. The van der Waals surface area contributed by atoms with Crippen molar-refractivity contribution in [2.45, 2.75) is 51.8 Å². The van der Waals surface area contributed by atoms with E-state index in [9.17, 15) is 0 Å². The third-order valence-electron chi connectivity index (χ3n) is 6.14. The van der Waals surface area contributed by atoms with E-state index >= 15 is 4.39 Å². The predicted molar refractivity (Wildman–Crippen MR) is 129 cm³/mol. The minimum atomic E-state index is -0.660. The molecule has 0 spiro atoms. The van der Waals surface area contributed by atoms with Gasteiger partial charge < -0.3 is 14.2 Å². The Morgan fingerprint density at radius 1 is 0.788 bits per heavy atom. The van der Waals surface area contributed by atoms with E-state index < -0.39 is 11.9 Å². The van der Waals surface area contributed by atoms with Gasteiger partial charge in [0, 0.05) is 11.5 Å². The van der Waals surface area contributed by atoms with Gasteiger partial charge in [-0.3, -0.25) is 0 Å². The molecule has 3 nitrogen and oxygen atoms in total. The highest BCUT2D eigenvalue weighted by Gasteiger charge is 2.44. The Labute approximate surface area is 195 Å². The van der Waals surface area contributed by atoms with Crippen molar-refractivity contribution in [1.82, 2.24) is 0 Å². The van der Waals surface area contributed by atoms with E-state index in [1.54, 1.807) is 12.1 Å². The van der Waals surface area contributed by atoms with Crippen LogP contribution in [0.5, 0.6) is 0 Å². The third-order valence-corrected chi connectivity index (χ3v) is 6.14. The van der Waals surface area contributed by atoms with Crippen LogP contribution in [0.2, 0.25) is 0 Å². The van der Waals surface area contributed by atoms with Crippen LogP contribution < -0.4 is 0 Å². The van der Waals surface area contributed by atoms with E-state index in [-0.39, 0.29) is 23.9 Å². The van der Waals surface area contributed by atoms with Crippen molar-refractivity contribution in [2.75, 3.05) is 0 Å². The number of ether oxygens (including phenoxy) is 3. The molecule has 3 aromatic rings. The van der Waals surface area contributed by atoms with E-state index in [2.05, 4.69) is 13.8 Å². The first kappa shape index (κ1) is 23.2. The quantitative estimate of drug-likeness (QED) is 0.375. The number of benzene rings is 3. The van der Waals surface area contributed by atoms with E-state index in [0.717, 1.165) is 17.5 Å². The van der Waals surface area contributed by atoms with Crippen LogP contribution in [0.4, 0.5) is 4.39 Å². The molecule has 0 N–H and O–H groups in total. The smallest absolute Gasteiger partial charge is 0.170 e. The second kappa shape index (κ2) is 11.3. The topological polar surface area (TPSA) is 27.7 Å². The molecule has 4 heteroatoms. The molecule has 2 unspecified atom stereocenters. The predicted octanol–water partition coefficient (Wildman–Crippen LogP) is 6.94. The summed E-state index contributed by atoms with van der Waals surface area (Å²) in [5, 5.41) is 0. The molecule has 1 heterocycles. The summed E-state index contributed by atoms with van der Waals surface area (Å²) in [5.41, 5.74) is 2.57. The highest BCUT2D eigenvalue weighted by atomic mass is 19.1. The van der Waals surface area contributed by atoms with Gasteiger partial charge in [-0.15, -0.1) is 0 Å². The Balaban J connectivity index is 1.67. The highest BCUT2D eigenvalue weighted by molar-refractivity contribution is 5.62. The van der Waals surface area contributed by atoms with Gasteiger partial charge in [-0.05, 0) is 17.5 Å². The second-order valence-corrected chi connectivity index (χ2v) is 8.45. The maximum Gasteiger partial charge on any atom is 0.170 e. The van der Waals surface area contributed by atoms with Gasteiger partial charge in [0.15, 0.2) is 11.6 Å². The third kappa shape index (κ3) is 5.70. The molecule has 0 aromatic heterocycles. The molecule has 3 aromatic carbocycles. The summed E-state index contributed by atoms with van der Waals surface area (Å²) in [5.74, 6) is -0.140. The van der Waals surface area contributed by atoms with Crippen molar-refractivity contribution in [1.29, 1.82) is 0 Å². The lowest BCUT2D eigenvalue weighted by Gasteiger charge is -2.42. The number of rotatable bonds is 8. The average molecular weight is 447 g/mol. The standard InChI is InChI=1S/C29H31FO3/c1-3-25-21(2)27(31-19-22-13-7-4-8-14-22)29(32-20-23-15-9-5-10-16-23)28(33-25)26(30)24-17-11-6-12-18-24/h4-18,21,25,27,29H,3,19-20H2,1-2H3/b28-26-/t21-,25+,27?,29?/m0/s1. The molecule has 0 bridgehead atoms. The summed E-state index contributed by atoms with van der Waals surface area (Å²) in [6.07, 6.45) is -0.417. The van der Waals surface area contributed by atoms with Gasteiger partial charge >= 0.3 is 0 Å². The summed E-state index contributed by atoms with van der Waals surface area (Å²) in [6, 6.07) is 28.9. The van der Waals surface area contributed by atoms with Gasteiger partial charge in [-0.2, -0.15) is 0 Å². The maximum absolute atomic E-state index is 15.8. The Kier molecular flexibility index (Phi) is 7.92. The first-order valence-corrected chi connectivity index (χ1v) is 11.6. The van der Waals surface area contributed by atoms with Crippen LogP contribution in [0, 0.1) is 5.92 Å². The van der Waals surface area contributed by atoms with Crippen LogP contribution in [0.25, 0.3) is 5.83 Å². The van der Waals surface area contributed by atoms with Crippen molar-refractivity contribution in [3.05, 3.63) is 113 Å². The van der Waals surface area contributed by atoms with Gasteiger partial charge in [-0.1, -0.05) is 105 Å². The molecular formula is C29H31FO3. The lowest BCUT2D eigenvalue weighted by atomic mass is 9.87. The second-order valence-electron chi connectivity index (χ2n) is 8.45. The summed E-state index contributed by atoms with van der Waals surface area (Å²) >= 11 is 0. The lowest BCUT2D eigenvalue weighted by Crippen LogP contribution is -2.49. The molecule has 0 amide bonds. The van der Waals surface area contributed by atoms with Crippen molar-refractivity contribution in [3.8, 4) is 0 Å². The van der Waals surface area contributed by atoms with Crippen LogP contribution in [-0.2, 0) is 27.4 Å². The van der Waals surface area contributed by atoms with Gasteiger partial charge in [0.2, 0.25) is 0 Å². The van der Waals surface area contributed by atoms with E-state index in [4.69, 9.17) is 14.2 Å². The summed E-state index contributed by atoms with van der Waals surface area (Å²) < 4.78 is 34.8. The van der Waals surface area contributed by atoms with Crippen molar-refractivity contribution in [2.24, 2.45) is 5.92 Å². The average Bonchev–Trinajstić information content (AvgIpc) is 2.88. The van der Waals surface area contributed by atoms with E-state index in [1.807, 2.05) is 78.9 Å². The summed E-state index contributed by atoms with van der Waals surface area (Å²) in [6.45, 7) is 4.92. The Morgan fingerprint density at radius 3 is 1.85 bits per heavy atom. The Morgan fingerprint density at radius 2 is 1.30 bits per heavy atom. The monoisotopic (exact) mass is 446 g/mol. The van der Waals surface area contributed by atoms with Crippen LogP contribution in [0.1, 0.15) is 37.0 Å². The number of hydrogen-bond acceptors (Lipinski definition) is 3. The minimum Gasteiger partial charge on any atom is -0.488 e. The molecular weight excluding hydrogens is 415 g/mol. The van der Waals surface area contributed by atoms with Gasteiger partial charge in [-0.25, -0.2) is 4.39 Å². The number of hydrogen-bond donors (Lipinski definition) is 0. The molecule has 1 aliphatic heterocycles. The van der Waals surface area contributed by atoms with E-state index in [0.29, 0.717) is 18.8 Å². The van der Waals surface area contributed by atoms with E-state index in [1.165, 1.54) is 0 Å². The normalized spacial score (nSPS) is 24.2. The fourth-order valence-electron chi connectivity index (χ4n) is 4.27. The maximum atomic E-state index is 15.8. The number of halogens is 1.